The molecular formula is C16H18N4O. The number of likely N-dealkylation sites (N-methyl/N-ethyl adjacent to an activating group) is 1. The van der Waals surface area contributed by atoms with Gasteiger partial charge in [0.05, 0.1) is 13.3 Å². The normalized spacial score (nSPS) is 10.8. The van der Waals surface area contributed by atoms with Crippen molar-refractivity contribution >= 4 is 11.3 Å². The van der Waals surface area contributed by atoms with Crippen LogP contribution < -0.4 is 9.64 Å². The molecule has 0 unspecified atom stereocenters. The van der Waals surface area contributed by atoms with Gasteiger partial charge in [-0.25, -0.2) is 9.50 Å². The largest absolute Gasteiger partial charge is 0.497 e. The van der Waals surface area contributed by atoms with Gasteiger partial charge in [0.15, 0.2) is 5.82 Å². The Labute approximate surface area is 123 Å². The molecule has 0 amide bonds. The van der Waals surface area contributed by atoms with Gasteiger partial charge < -0.3 is 9.64 Å². The average Bonchev–Trinajstić information content (AvgIpc) is 3.01. The monoisotopic (exact) mass is 282 g/mol. The Morgan fingerprint density at radius 1 is 1.14 bits per heavy atom. The molecule has 0 aliphatic rings. The van der Waals surface area contributed by atoms with Gasteiger partial charge in [-0.1, -0.05) is 12.1 Å². The van der Waals surface area contributed by atoms with E-state index in [9.17, 15) is 0 Å². The van der Waals surface area contributed by atoms with E-state index < -0.39 is 0 Å². The van der Waals surface area contributed by atoms with Gasteiger partial charge in [0.1, 0.15) is 11.3 Å². The zero-order chi connectivity index (χ0) is 14.7. The molecule has 0 fully saturated rings. The van der Waals surface area contributed by atoms with Crippen LogP contribution in [0.15, 0.2) is 48.9 Å². The Hall–Kier alpha value is -2.56. The van der Waals surface area contributed by atoms with Crippen LogP contribution in [-0.2, 0) is 6.42 Å². The molecule has 0 spiro atoms. The van der Waals surface area contributed by atoms with E-state index >= 15 is 0 Å². The number of aromatic nitrogens is 3. The number of benzene rings is 1. The van der Waals surface area contributed by atoms with Gasteiger partial charge in [-0.3, -0.25) is 0 Å². The van der Waals surface area contributed by atoms with E-state index in [-0.39, 0.29) is 0 Å². The number of rotatable bonds is 5. The summed E-state index contributed by atoms with van der Waals surface area (Å²) >= 11 is 0. The van der Waals surface area contributed by atoms with Crippen LogP contribution in [0.2, 0.25) is 0 Å². The summed E-state index contributed by atoms with van der Waals surface area (Å²) in [6.45, 7) is 0.893. The quantitative estimate of drug-likeness (QED) is 0.721. The molecule has 1 aromatic carbocycles. The molecule has 21 heavy (non-hydrogen) atoms. The lowest BCUT2D eigenvalue weighted by atomic mass is 10.1. The number of ether oxygens (including phenoxy) is 1. The van der Waals surface area contributed by atoms with Gasteiger partial charge in [0.25, 0.3) is 0 Å². The number of nitrogens with zero attached hydrogens (tertiary/aromatic N) is 4. The molecule has 0 saturated carbocycles. The van der Waals surface area contributed by atoms with Gasteiger partial charge in [-0.15, -0.1) is 0 Å². The molecule has 0 atom stereocenters. The van der Waals surface area contributed by atoms with E-state index in [0.717, 1.165) is 30.0 Å². The Bertz CT molecular complexity index is 720. The molecular weight excluding hydrogens is 264 g/mol. The maximum Gasteiger partial charge on any atom is 0.154 e. The van der Waals surface area contributed by atoms with Crippen LogP contribution in [0.5, 0.6) is 5.75 Å². The molecule has 0 bridgehead atoms. The highest BCUT2D eigenvalue weighted by Gasteiger charge is 2.08. The number of methoxy groups -OCH3 is 1. The zero-order valence-electron chi connectivity index (χ0n) is 12.2. The molecule has 108 valence electrons. The van der Waals surface area contributed by atoms with Crippen molar-refractivity contribution in [2.24, 2.45) is 0 Å². The second kappa shape index (κ2) is 5.83. The molecule has 0 saturated heterocycles. The number of hydrogen-bond donors (Lipinski definition) is 0. The smallest absolute Gasteiger partial charge is 0.154 e. The first-order chi connectivity index (χ1) is 10.3. The lowest BCUT2D eigenvalue weighted by Gasteiger charge is -2.18. The Balaban J connectivity index is 1.71. The highest BCUT2D eigenvalue weighted by molar-refractivity contribution is 5.67. The summed E-state index contributed by atoms with van der Waals surface area (Å²) < 4.78 is 7.01. The van der Waals surface area contributed by atoms with E-state index in [1.807, 2.05) is 28.9 Å². The van der Waals surface area contributed by atoms with Crippen molar-refractivity contribution in [1.82, 2.24) is 14.6 Å². The highest BCUT2D eigenvalue weighted by atomic mass is 16.5. The molecule has 3 aromatic rings. The maximum atomic E-state index is 5.17. The first-order valence-corrected chi connectivity index (χ1v) is 6.90. The fourth-order valence-electron chi connectivity index (χ4n) is 2.33. The third-order valence-corrected chi connectivity index (χ3v) is 3.56. The summed E-state index contributed by atoms with van der Waals surface area (Å²) in [5, 5.41) is 4.24. The van der Waals surface area contributed by atoms with Gasteiger partial charge in [0.2, 0.25) is 0 Å². The third-order valence-electron chi connectivity index (χ3n) is 3.56. The van der Waals surface area contributed by atoms with Crippen LogP contribution in [0.3, 0.4) is 0 Å². The van der Waals surface area contributed by atoms with Gasteiger partial charge in [-0.2, -0.15) is 5.10 Å². The Kier molecular flexibility index (Phi) is 3.73. The topological polar surface area (TPSA) is 42.7 Å². The number of fused-ring (bicyclic) bond motifs is 1. The van der Waals surface area contributed by atoms with Crippen molar-refractivity contribution in [3.05, 3.63) is 54.5 Å². The van der Waals surface area contributed by atoms with Gasteiger partial charge in [-0.05, 0) is 30.2 Å². The summed E-state index contributed by atoms with van der Waals surface area (Å²) in [6, 6.07) is 10.2. The second-order valence-corrected chi connectivity index (χ2v) is 4.93. The van der Waals surface area contributed by atoms with E-state index in [2.05, 4.69) is 34.2 Å². The molecule has 5 heteroatoms. The fourth-order valence-corrected chi connectivity index (χ4v) is 2.33. The van der Waals surface area contributed by atoms with Crippen LogP contribution in [0.1, 0.15) is 5.56 Å². The van der Waals surface area contributed by atoms with Crippen molar-refractivity contribution in [2.45, 2.75) is 6.42 Å². The Morgan fingerprint density at radius 2 is 1.95 bits per heavy atom. The van der Waals surface area contributed by atoms with Crippen LogP contribution in [0.4, 0.5) is 5.82 Å². The SMILES string of the molecule is COc1ccc(CCN(C)c2nccn3nccc23)cc1. The summed E-state index contributed by atoms with van der Waals surface area (Å²) in [7, 11) is 3.74. The van der Waals surface area contributed by atoms with Crippen LogP contribution in [0.25, 0.3) is 5.52 Å². The standard InChI is InChI=1S/C16H18N4O/c1-19(11-8-13-3-5-14(21-2)6-4-13)16-15-7-9-18-20(15)12-10-17-16/h3-7,9-10,12H,8,11H2,1-2H3. The molecule has 2 heterocycles. The van der Waals surface area contributed by atoms with Crippen molar-refractivity contribution in [3.8, 4) is 5.75 Å². The van der Waals surface area contributed by atoms with E-state index in [1.54, 1.807) is 19.5 Å². The molecule has 0 aliphatic heterocycles. The fraction of sp³-hybridized carbons (Fsp3) is 0.250. The first-order valence-electron chi connectivity index (χ1n) is 6.90. The first kappa shape index (κ1) is 13.4. The van der Waals surface area contributed by atoms with Crippen LogP contribution in [-0.4, -0.2) is 35.3 Å². The van der Waals surface area contributed by atoms with Crippen LogP contribution in [0, 0.1) is 0 Å². The summed E-state index contributed by atoms with van der Waals surface area (Å²) in [5.41, 5.74) is 2.30. The summed E-state index contributed by atoms with van der Waals surface area (Å²) in [6.07, 6.45) is 6.38. The Morgan fingerprint density at radius 3 is 2.71 bits per heavy atom. The molecule has 0 radical (unpaired) electrons. The van der Waals surface area contributed by atoms with Crippen molar-refractivity contribution < 1.29 is 4.74 Å². The molecule has 0 N–H and O–H groups in total. The molecule has 5 nitrogen and oxygen atoms in total. The molecule has 3 rings (SSSR count). The minimum Gasteiger partial charge on any atom is -0.497 e. The number of anilines is 1. The van der Waals surface area contributed by atoms with E-state index in [4.69, 9.17) is 4.74 Å². The third kappa shape index (κ3) is 2.81. The average molecular weight is 282 g/mol. The minimum atomic E-state index is 0.887. The predicted molar refractivity (Wildman–Crippen MR) is 83.0 cm³/mol. The zero-order valence-corrected chi connectivity index (χ0v) is 12.2. The second-order valence-electron chi connectivity index (χ2n) is 4.93. The van der Waals surface area contributed by atoms with Crippen molar-refractivity contribution in [2.75, 3.05) is 25.6 Å². The predicted octanol–water partition coefficient (Wildman–Crippen LogP) is 2.42. The summed E-state index contributed by atoms with van der Waals surface area (Å²) in [5.74, 6) is 1.83. The van der Waals surface area contributed by atoms with Crippen molar-refractivity contribution in [1.29, 1.82) is 0 Å². The summed E-state index contributed by atoms with van der Waals surface area (Å²) in [4.78, 5) is 6.62. The minimum absolute atomic E-state index is 0.887. The maximum absolute atomic E-state index is 5.17. The lowest BCUT2D eigenvalue weighted by Crippen LogP contribution is -2.22. The van der Waals surface area contributed by atoms with Gasteiger partial charge >= 0.3 is 0 Å². The van der Waals surface area contributed by atoms with Gasteiger partial charge in [0, 0.05) is 26.0 Å². The lowest BCUT2D eigenvalue weighted by molar-refractivity contribution is 0.414. The molecule has 2 aromatic heterocycles. The van der Waals surface area contributed by atoms with E-state index in [0.29, 0.717) is 0 Å². The van der Waals surface area contributed by atoms with Crippen molar-refractivity contribution in [3.63, 3.8) is 0 Å². The van der Waals surface area contributed by atoms with Crippen LogP contribution >= 0.6 is 0 Å². The molecule has 0 aliphatic carbocycles. The highest BCUT2D eigenvalue weighted by Crippen LogP contribution is 2.17. The van der Waals surface area contributed by atoms with E-state index in [1.165, 1.54) is 5.56 Å². The number of hydrogen-bond acceptors (Lipinski definition) is 4.